The van der Waals surface area contributed by atoms with Crippen molar-refractivity contribution in [3.05, 3.63) is 95.1 Å². The minimum atomic E-state index is -0.0302. The maximum Gasteiger partial charge on any atom is 0.171 e. The summed E-state index contributed by atoms with van der Waals surface area (Å²) in [6.45, 7) is 4.25. The highest BCUT2D eigenvalue weighted by Gasteiger charge is 2.17. The minimum absolute atomic E-state index is 0.0302. The number of hydrogen-bond donors (Lipinski definition) is 2. The first-order valence-corrected chi connectivity index (χ1v) is 9.31. The van der Waals surface area contributed by atoms with E-state index in [1.165, 1.54) is 22.3 Å². The molecule has 0 aliphatic rings. The largest absolute Gasteiger partial charge is 0.497 e. The van der Waals surface area contributed by atoms with Crippen molar-refractivity contribution in [2.24, 2.45) is 0 Å². The van der Waals surface area contributed by atoms with Gasteiger partial charge in [0.2, 0.25) is 0 Å². The zero-order valence-electron chi connectivity index (χ0n) is 15.8. The van der Waals surface area contributed by atoms with E-state index in [-0.39, 0.29) is 6.04 Å². The van der Waals surface area contributed by atoms with Crippen molar-refractivity contribution in [1.82, 2.24) is 5.32 Å². The maximum atomic E-state index is 5.60. The van der Waals surface area contributed by atoms with E-state index in [1.54, 1.807) is 7.11 Å². The molecule has 3 aromatic rings. The second kappa shape index (κ2) is 8.69. The normalized spacial score (nSPS) is 11.5. The SMILES string of the molecule is COc1cccc(NC(=S)N[C@@H](c2ccccc2)c2ccc(C)cc2C)c1. The van der Waals surface area contributed by atoms with Crippen LogP contribution in [0.1, 0.15) is 28.3 Å². The molecule has 2 N–H and O–H groups in total. The van der Waals surface area contributed by atoms with Crippen molar-refractivity contribution < 1.29 is 4.74 Å². The molecule has 0 fully saturated rings. The number of anilines is 1. The molecule has 3 nitrogen and oxygen atoms in total. The Morgan fingerprint density at radius 3 is 2.41 bits per heavy atom. The zero-order valence-corrected chi connectivity index (χ0v) is 16.6. The van der Waals surface area contributed by atoms with Gasteiger partial charge in [-0.15, -0.1) is 0 Å². The van der Waals surface area contributed by atoms with Crippen LogP contribution in [0.3, 0.4) is 0 Å². The van der Waals surface area contributed by atoms with Crippen molar-refractivity contribution >= 4 is 23.0 Å². The quantitative estimate of drug-likeness (QED) is 0.585. The second-order valence-electron chi connectivity index (χ2n) is 6.53. The lowest BCUT2D eigenvalue weighted by molar-refractivity contribution is 0.415. The standard InChI is InChI=1S/C23H24N2OS/c1-16-12-13-21(17(2)14-16)22(18-8-5-4-6-9-18)25-23(27)24-19-10-7-11-20(15-19)26-3/h4-15,22H,1-3H3,(H2,24,25,27)/t22-/m0/s1. The topological polar surface area (TPSA) is 33.3 Å². The molecule has 4 heteroatoms. The van der Waals surface area contributed by atoms with Crippen LogP contribution in [0.2, 0.25) is 0 Å². The number of nitrogens with one attached hydrogen (secondary N) is 2. The van der Waals surface area contributed by atoms with E-state index in [2.05, 4.69) is 54.8 Å². The van der Waals surface area contributed by atoms with Crippen LogP contribution in [-0.2, 0) is 0 Å². The van der Waals surface area contributed by atoms with Crippen molar-refractivity contribution in [3.63, 3.8) is 0 Å². The predicted molar refractivity (Wildman–Crippen MR) is 117 cm³/mol. The first kappa shape index (κ1) is 18.9. The number of benzene rings is 3. The summed E-state index contributed by atoms with van der Waals surface area (Å²) < 4.78 is 5.28. The van der Waals surface area contributed by atoms with Crippen LogP contribution in [0.4, 0.5) is 5.69 Å². The van der Waals surface area contributed by atoms with Crippen LogP contribution < -0.4 is 15.4 Å². The van der Waals surface area contributed by atoms with Crippen LogP contribution in [0.5, 0.6) is 5.75 Å². The lowest BCUT2D eigenvalue weighted by Gasteiger charge is -2.24. The smallest absolute Gasteiger partial charge is 0.171 e. The van der Waals surface area contributed by atoms with Crippen LogP contribution in [-0.4, -0.2) is 12.2 Å². The van der Waals surface area contributed by atoms with Gasteiger partial charge in [0, 0.05) is 11.8 Å². The fraction of sp³-hybridized carbons (Fsp3) is 0.174. The molecule has 3 aromatic carbocycles. The summed E-state index contributed by atoms with van der Waals surface area (Å²) in [5.74, 6) is 0.789. The van der Waals surface area contributed by atoms with E-state index in [9.17, 15) is 0 Å². The maximum absolute atomic E-state index is 5.60. The molecule has 0 amide bonds. The summed E-state index contributed by atoms with van der Waals surface area (Å²) in [5.41, 5.74) is 5.75. The molecule has 0 aliphatic carbocycles. The number of aryl methyl sites for hydroxylation is 2. The lowest BCUT2D eigenvalue weighted by atomic mass is 9.94. The van der Waals surface area contributed by atoms with Gasteiger partial charge in [0.1, 0.15) is 5.75 Å². The Kier molecular flexibility index (Phi) is 6.09. The van der Waals surface area contributed by atoms with E-state index in [0.717, 1.165) is 11.4 Å². The number of methoxy groups -OCH3 is 1. The third-order valence-electron chi connectivity index (χ3n) is 4.47. The Morgan fingerprint density at radius 2 is 1.70 bits per heavy atom. The van der Waals surface area contributed by atoms with Gasteiger partial charge in [0.15, 0.2) is 5.11 Å². The van der Waals surface area contributed by atoms with E-state index in [1.807, 2.05) is 42.5 Å². The Bertz CT molecular complexity index is 925. The summed E-state index contributed by atoms with van der Waals surface area (Å²) in [6.07, 6.45) is 0. The van der Waals surface area contributed by atoms with Gasteiger partial charge in [0.25, 0.3) is 0 Å². The minimum Gasteiger partial charge on any atom is -0.497 e. The molecule has 1 atom stereocenters. The molecule has 0 saturated carbocycles. The van der Waals surface area contributed by atoms with Gasteiger partial charge in [-0.3, -0.25) is 0 Å². The molecule has 0 heterocycles. The molecule has 0 unspecified atom stereocenters. The summed E-state index contributed by atoms with van der Waals surface area (Å²) >= 11 is 5.60. The number of rotatable bonds is 5. The molecular weight excluding hydrogens is 352 g/mol. The van der Waals surface area contributed by atoms with Gasteiger partial charge < -0.3 is 15.4 Å². The van der Waals surface area contributed by atoms with Gasteiger partial charge >= 0.3 is 0 Å². The molecule has 138 valence electrons. The third kappa shape index (κ3) is 4.86. The van der Waals surface area contributed by atoms with Gasteiger partial charge in [-0.2, -0.15) is 0 Å². The molecule has 0 spiro atoms. The highest BCUT2D eigenvalue weighted by atomic mass is 32.1. The Balaban J connectivity index is 1.86. The highest BCUT2D eigenvalue weighted by molar-refractivity contribution is 7.80. The van der Waals surface area contributed by atoms with Crippen LogP contribution >= 0.6 is 12.2 Å². The molecule has 0 radical (unpaired) electrons. The molecule has 0 bridgehead atoms. The Hall–Kier alpha value is -2.85. The predicted octanol–water partition coefficient (Wildman–Crippen LogP) is 5.39. The van der Waals surface area contributed by atoms with E-state index >= 15 is 0 Å². The van der Waals surface area contributed by atoms with Crippen molar-refractivity contribution in [2.45, 2.75) is 19.9 Å². The monoisotopic (exact) mass is 376 g/mol. The van der Waals surface area contributed by atoms with Gasteiger partial charge in [-0.25, -0.2) is 0 Å². The second-order valence-corrected chi connectivity index (χ2v) is 6.94. The van der Waals surface area contributed by atoms with E-state index in [4.69, 9.17) is 17.0 Å². The van der Waals surface area contributed by atoms with Crippen LogP contribution in [0, 0.1) is 13.8 Å². The summed E-state index contributed by atoms with van der Waals surface area (Å²) in [7, 11) is 1.65. The fourth-order valence-electron chi connectivity index (χ4n) is 3.13. The number of thiocarbonyl (C=S) groups is 1. The average Bonchev–Trinajstić information content (AvgIpc) is 2.67. The van der Waals surface area contributed by atoms with Gasteiger partial charge in [-0.05, 0) is 54.9 Å². The van der Waals surface area contributed by atoms with E-state index < -0.39 is 0 Å². The first-order chi connectivity index (χ1) is 13.1. The van der Waals surface area contributed by atoms with Gasteiger partial charge in [-0.1, -0.05) is 60.2 Å². The van der Waals surface area contributed by atoms with E-state index in [0.29, 0.717) is 5.11 Å². The molecule has 0 aromatic heterocycles. The summed E-state index contributed by atoms with van der Waals surface area (Å²) in [4.78, 5) is 0. The van der Waals surface area contributed by atoms with Gasteiger partial charge in [0.05, 0.1) is 13.2 Å². The highest BCUT2D eigenvalue weighted by Crippen LogP contribution is 2.26. The lowest BCUT2D eigenvalue weighted by Crippen LogP contribution is -2.33. The molecule has 0 saturated heterocycles. The summed E-state index contributed by atoms with van der Waals surface area (Å²) in [6, 6.07) is 24.6. The molecule has 27 heavy (non-hydrogen) atoms. The average molecular weight is 377 g/mol. The van der Waals surface area contributed by atoms with Crippen molar-refractivity contribution in [2.75, 3.05) is 12.4 Å². The van der Waals surface area contributed by atoms with Crippen LogP contribution in [0.25, 0.3) is 0 Å². The van der Waals surface area contributed by atoms with Crippen molar-refractivity contribution in [1.29, 1.82) is 0 Å². The fourth-order valence-corrected chi connectivity index (χ4v) is 3.37. The third-order valence-corrected chi connectivity index (χ3v) is 4.69. The Morgan fingerprint density at radius 1 is 0.926 bits per heavy atom. The number of ether oxygens (including phenoxy) is 1. The Labute approximate surface area is 166 Å². The van der Waals surface area contributed by atoms with Crippen LogP contribution in [0.15, 0.2) is 72.8 Å². The van der Waals surface area contributed by atoms with Crippen molar-refractivity contribution in [3.8, 4) is 5.75 Å². The molecule has 3 rings (SSSR count). The summed E-state index contributed by atoms with van der Waals surface area (Å²) in [5, 5.41) is 7.30. The molecule has 0 aliphatic heterocycles. The zero-order chi connectivity index (χ0) is 19.2. The first-order valence-electron chi connectivity index (χ1n) is 8.90. The molecular formula is C23H24N2OS. The number of hydrogen-bond acceptors (Lipinski definition) is 2.